The Morgan fingerprint density at radius 3 is 2.60 bits per heavy atom. The number of aliphatic hydroxyl groups excluding tert-OH is 1. The van der Waals surface area contributed by atoms with Crippen LogP contribution in [0.2, 0.25) is 0 Å². The quantitative estimate of drug-likeness (QED) is 0.547. The first kappa shape index (κ1) is 16.8. The van der Waals surface area contributed by atoms with Gasteiger partial charge in [-0.2, -0.15) is 4.31 Å². The minimum atomic E-state index is -3.82. The average molecular weight is 323 g/mol. The normalized spacial score (nSPS) is 11.8. The Labute approximate surface area is 121 Å². The van der Waals surface area contributed by atoms with E-state index in [1.54, 1.807) is 13.8 Å². The third kappa shape index (κ3) is 3.45. The first-order chi connectivity index (χ1) is 9.38. The van der Waals surface area contributed by atoms with E-state index in [-0.39, 0.29) is 34.6 Å². The number of nitrogens with zero attached hydrogens (tertiary/aromatic N) is 2. The molecule has 1 heterocycles. The lowest BCUT2D eigenvalue weighted by Crippen LogP contribution is -2.32. The van der Waals surface area contributed by atoms with E-state index in [4.69, 9.17) is 5.11 Å². The van der Waals surface area contributed by atoms with Gasteiger partial charge >= 0.3 is 5.69 Å². The molecule has 20 heavy (non-hydrogen) atoms. The highest BCUT2D eigenvalue weighted by Crippen LogP contribution is 2.38. The summed E-state index contributed by atoms with van der Waals surface area (Å²) in [6, 6.07) is 1.05. The van der Waals surface area contributed by atoms with Crippen molar-refractivity contribution < 1.29 is 18.4 Å². The minimum absolute atomic E-state index is 0.0406. The van der Waals surface area contributed by atoms with Gasteiger partial charge in [0.2, 0.25) is 0 Å². The van der Waals surface area contributed by atoms with Crippen molar-refractivity contribution in [3.05, 3.63) is 16.2 Å². The molecule has 1 aromatic rings. The zero-order valence-electron chi connectivity index (χ0n) is 11.2. The molecule has 8 nitrogen and oxygen atoms in total. The second kappa shape index (κ2) is 6.97. The molecule has 0 aliphatic heterocycles. The van der Waals surface area contributed by atoms with Gasteiger partial charge in [-0.15, -0.1) is 0 Å². The highest BCUT2D eigenvalue weighted by molar-refractivity contribution is 7.91. The number of likely N-dealkylation sites (N-methyl/N-ethyl adjacent to an activating group) is 1. The van der Waals surface area contributed by atoms with Crippen LogP contribution in [0.5, 0.6) is 0 Å². The topological polar surface area (TPSA) is 113 Å². The number of sulfonamides is 1. The van der Waals surface area contributed by atoms with Gasteiger partial charge in [0, 0.05) is 25.7 Å². The summed E-state index contributed by atoms with van der Waals surface area (Å²) in [7, 11) is -3.82. The van der Waals surface area contributed by atoms with E-state index in [9.17, 15) is 18.5 Å². The van der Waals surface area contributed by atoms with Crippen molar-refractivity contribution in [2.45, 2.75) is 18.1 Å². The van der Waals surface area contributed by atoms with Crippen LogP contribution in [0, 0.1) is 10.1 Å². The molecule has 1 aromatic heterocycles. The number of hydrogen-bond donors (Lipinski definition) is 2. The van der Waals surface area contributed by atoms with Crippen molar-refractivity contribution in [2.24, 2.45) is 0 Å². The van der Waals surface area contributed by atoms with Gasteiger partial charge in [0.25, 0.3) is 10.0 Å². The van der Waals surface area contributed by atoms with E-state index in [1.807, 2.05) is 0 Å². The summed E-state index contributed by atoms with van der Waals surface area (Å²) >= 11 is 0.825. The number of thiophene rings is 1. The summed E-state index contributed by atoms with van der Waals surface area (Å²) in [6.45, 7) is 3.70. The van der Waals surface area contributed by atoms with E-state index in [0.717, 1.165) is 21.7 Å². The maximum absolute atomic E-state index is 12.3. The Morgan fingerprint density at radius 2 is 2.15 bits per heavy atom. The summed E-state index contributed by atoms with van der Waals surface area (Å²) < 4.78 is 25.6. The number of rotatable bonds is 8. The molecule has 0 aliphatic carbocycles. The predicted octanol–water partition coefficient (Wildman–Crippen LogP) is 1.09. The molecule has 0 saturated heterocycles. The lowest BCUT2D eigenvalue weighted by Gasteiger charge is -2.17. The third-order valence-corrected chi connectivity index (χ3v) is 6.03. The van der Waals surface area contributed by atoms with Crippen LogP contribution in [-0.2, 0) is 10.0 Å². The molecule has 0 unspecified atom stereocenters. The van der Waals surface area contributed by atoms with Crippen molar-refractivity contribution >= 4 is 32.0 Å². The first-order valence-electron chi connectivity index (χ1n) is 6.01. The largest absolute Gasteiger partial charge is 0.395 e. The van der Waals surface area contributed by atoms with E-state index < -0.39 is 14.9 Å². The van der Waals surface area contributed by atoms with Crippen LogP contribution in [0.1, 0.15) is 13.8 Å². The van der Waals surface area contributed by atoms with Crippen LogP contribution in [0.4, 0.5) is 10.7 Å². The lowest BCUT2D eigenvalue weighted by atomic mass is 10.5. The van der Waals surface area contributed by atoms with E-state index >= 15 is 0 Å². The molecule has 0 saturated carbocycles. The molecule has 0 radical (unpaired) electrons. The molecule has 0 bridgehead atoms. The Bertz CT molecular complexity index is 569. The van der Waals surface area contributed by atoms with Gasteiger partial charge < -0.3 is 10.4 Å². The molecule has 0 amide bonds. The van der Waals surface area contributed by atoms with E-state index in [0.29, 0.717) is 6.54 Å². The number of aliphatic hydroxyl groups is 1. The fourth-order valence-electron chi connectivity index (χ4n) is 1.60. The Hall–Kier alpha value is -1.23. The highest BCUT2D eigenvalue weighted by Gasteiger charge is 2.29. The van der Waals surface area contributed by atoms with Gasteiger partial charge in [0.15, 0.2) is 5.00 Å². The molecule has 10 heteroatoms. The van der Waals surface area contributed by atoms with Crippen molar-refractivity contribution in [1.29, 1.82) is 0 Å². The van der Waals surface area contributed by atoms with Crippen molar-refractivity contribution in [3.63, 3.8) is 0 Å². The van der Waals surface area contributed by atoms with Gasteiger partial charge in [-0.3, -0.25) is 10.1 Å². The van der Waals surface area contributed by atoms with Gasteiger partial charge in [-0.05, 0) is 6.92 Å². The molecule has 2 N–H and O–H groups in total. The zero-order chi connectivity index (χ0) is 15.3. The molecule has 114 valence electrons. The maximum Gasteiger partial charge on any atom is 0.304 e. The summed E-state index contributed by atoms with van der Waals surface area (Å²) in [5, 5.41) is 22.8. The smallest absolute Gasteiger partial charge is 0.304 e. The predicted molar refractivity (Wildman–Crippen MR) is 76.7 cm³/mol. The summed E-state index contributed by atoms with van der Waals surface area (Å²) in [6.07, 6.45) is 0. The Morgan fingerprint density at radius 1 is 1.50 bits per heavy atom. The van der Waals surface area contributed by atoms with Crippen LogP contribution in [0.3, 0.4) is 0 Å². The van der Waals surface area contributed by atoms with Crippen LogP contribution in [-0.4, -0.2) is 49.0 Å². The molecule has 1 rings (SSSR count). The molecule has 0 spiro atoms. The second-order valence-corrected chi connectivity index (χ2v) is 7.00. The lowest BCUT2D eigenvalue weighted by molar-refractivity contribution is -0.383. The minimum Gasteiger partial charge on any atom is -0.395 e. The standard InChI is InChI=1S/C10H17N3O5S2/c1-3-11-10-8(13(15)16)7-9(19-10)20(17,18)12(4-2)5-6-14/h7,11,14H,3-6H2,1-2H3. The SMILES string of the molecule is CCNc1sc(S(=O)(=O)N(CC)CCO)cc1[N+](=O)[O-]. The van der Waals surface area contributed by atoms with Gasteiger partial charge in [0.1, 0.15) is 4.21 Å². The van der Waals surface area contributed by atoms with Crippen LogP contribution < -0.4 is 5.32 Å². The summed E-state index contributed by atoms with van der Waals surface area (Å²) in [5.74, 6) is 0. The van der Waals surface area contributed by atoms with E-state index in [2.05, 4.69) is 5.32 Å². The Balaban J connectivity index is 3.25. The van der Waals surface area contributed by atoms with Crippen molar-refractivity contribution in [1.82, 2.24) is 4.31 Å². The van der Waals surface area contributed by atoms with Crippen molar-refractivity contribution in [3.8, 4) is 0 Å². The fourth-order valence-corrected chi connectivity index (χ4v) is 4.59. The van der Waals surface area contributed by atoms with Crippen LogP contribution in [0.25, 0.3) is 0 Å². The van der Waals surface area contributed by atoms with Crippen LogP contribution in [0.15, 0.2) is 10.3 Å². The zero-order valence-corrected chi connectivity index (χ0v) is 12.8. The van der Waals surface area contributed by atoms with E-state index in [1.165, 1.54) is 0 Å². The molecule has 0 aliphatic rings. The molecule has 0 atom stereocenters. The summed E-state index contributed by atoms with van der Waals surface area (Å²) in [4.78, 5) is 10.3. The molecular weight excluding hydrogens is 306 g/mol. The summed E-state index contributed by atoms with van der Waals surface area (Å²) in [5.41, 5.74) is -0.254. The maximum atomic E-state index is 12.3. The highest BCUT2D eigenvalue weighted by atomic mass is 32.2. The fraction of sp³-hybridized carbons (Fsp3) is 0.600. The third-order valence-electron chi connectivity index (χ3n) is 2.52. The average Bonchev–Trinajstić information content (AvgIpc) is 2.81. The Kier molecular flexibility index (Phi) is 5.87. The van der Waals surface area contributed by atoms with Crippen molar-refractivity contribution in [2.75, 3.05) is 31.6 Å². The second-order valence-electron chi connectivity index (χ2n) is 3.79. The first-order valence-corrected chi connectivity index (χ1v) is 8.27. The number of anilines is 1. The van der Waals surface area contributed by atoms with Gasteiger partial charge in [-0.25, -0.2) is 8.42 Å². The number of nitrogens with one attached hydrogen (secondary N) is 1. The van der Waals surface area contributed by atoms with Crippen LogP contribution >= 0.6 is 11.3 Å². The van der Waals surface area contributed by atoms with Gasteiger partial charge in [0.05, 0.1) is 11.5 Å². The molecule has 0 fully saturated rings. The number of hydrogen-bond acceptors (Lipinski definition) is 7. The number of nitro groups is 1. The monoisotopic (exact) mass is 323 g/mol. The van der Waals surface area contributed by atoms with Gasteiger partial charge in [-0.1, -0.05) is 18.3 Å². The molecular formula is C10H17N3O5S2. The molecule has 0 aromatic carbocycles.